The lowest BCUT2D eigenvalue weighted by Gasteiger charge is -2.34. The molecule has 0 N–H and O–H groups in total. The predicted octanol–water partition coefficient (Wildman–Crippen LogP) is 4.80. The summed E-state index contributed by atoms with van der Waals surface area (Å²) in [5.41, 5.74) is 3.06. The van der Waals surface area contributed by atoms with E-state index >= 15 is 0 Å². The second-order valence-corrected chi connectivity index (χ2v) is 5.89. The molecular formula is C17H31N. The highest BCUT2D eigenvalue weighted by Crippen LogP contribution is 2.25. The molecule has 104 valence electrons. The molecule has 1 nitrogen and oxygen atoms in total. The zero-order chi connectivity index (χ0) is 13.5. The van der Waals surface area contributed by atoms with E-state index in [9.17, 15) is 0 Å². The first-order chi connectivity index (χ1) is 8.58. The molecule has 1 aliphatic rings. The molecule has 0 bridgehead atoms. The molecule has 18 heavy (non-hydrogen) atoms. The lowest BCUT2D eigenvalue weighted by atomic mass is 9.91. The van der Waals surface area contributed by atoms with Crippen LogP contribution in [0, 0.1) is 5.92 Å². The van der Waals surface area contributed by atoms with E-state index in [0.29, 0.717) is 12.0 Å². The summed E-state index contributed by atoms with van der Waals surface area (Å²) in [6.45, 7) is 10.4. The van der Waals surface area contributed by atoms with E-state index in [4.69, 9.17) is 0 Å². The lowest BCUT2D eigenvalue weighted by Crippen LogP contribution is -2.37. The van der Waals surface area contributed by atoms with Gasteiger partial charge in [0.25, 0.3) is 0 Å². The average molecular weight is 249 g/mol. The van der Waals surface area contributed by atoms with Crippen molar-refractivity contribution in [3.05, 3.63) is 23.3 Å². The van der Waals surface area contributed by atoms with Crippen molar-refractivity contribution >= 4 is 0 Å². The van der Waals surface area contributed by atoms with E-state index in [2.05, 4.69) is 51.8 Å². The topological polar surface area (TPSA) is 3.24 Å². The molecule has 0 amide bonds. The molecule has 0 aliphatic carbocycles. The number of likely N-dealkylation sites (tertiary alicyclic amines) is 1. The summed E-state index contributed by atoms with van der Waals surface area (Å²) in [5, 5.41) is 0. The fourth-order valence-corrected chi connectivity index (χ4v) is 2.58. The molecule has 1 fully saturated rings. The van der Waals surface area contributed by atoms with Crippen LogP contribution in [0.3, 0.4) is 0 Å². The Labute approximate surface area is 114 Å². The summed E-state index contributed by atoms with van der Waals surface area (Å²) < 4.78 is 0. The van der Waals surface area contributed by atoms with Gasteiger partial charge in [0.05, 0.1) is 0 Å². The van der Waals surface area contributed by atoms with Gasteiger partial charge in [-0.15, -0.1) is 0 Å². The highest BCUT2D eigenvalue weighted by molar-refractivity contribution is 5.29. The highest BCUT2D eigenvalue weighted by Gasteiger charge is 2.21. The first-order valence-electron chi connectivity index (χ1n) is 7.67. The number of allylic oxidation sites excluding steroid dienone is 2. The van der Waals surface area contributed by atoms with E-state index in [-0.39, 0.29) is 0 Å². The van der Waals surface area contributed by atoms with Gasteiger partial charge in [-0.2, -0.15) is 0 Å². The summed E-state index contributed by atoms with van der Waals surface area (Å²) in [7, 11) is 2.28. The zero-order valence-corrected chi connectivity index (χ0v) is 13.0. The van der Waals surface area contributed by atoms with Crippen LogP contribution in [0.15, 0.2) is 23.3 Å². The molecular weight excluding hydrogens is 218 g/mol. The average Bonchev–Trinajstić information content (AvgIpc) is 2.38. The van der Waals surface area contributed by atoms with Crippen LogP contribution in [-0.2, 0) is 0 Å². The van der Waals surface area contributed by atoms with Gasteiger partial charge in [0, 0.05) is 6.04 Å². The van der Waals surface area contributed by atoms with E-state index in [1.54, 1.807) is 5.57 Å². The van der Waals surface area contributed by atoms with Gasteiger partial charge < -0.3 is 0 Å². The van der Waals surface area contributed by atoms with Crippen LogP contribution in [0.2, 0.25) is 0 Å². The Morgan fingerprint density at radius 1 is 1.33 bits per heavy atom. The highest BCUT2D eigenvalue weighted by atomic mass is 15.1. The van der Waals surface area contributed by atoms with E-state index < -0.39 is 0 Å². The number of hydrogen-bond acceptors (Lipinski definition) is 1. The van der Waals surface area contributed by atoms with Gasteiger partial charge in [-0.3, -0.25) is 4.90 Å². The molecule has 1 aliphatic heterocycles. The van der Waals surface area contributed by atoms with Crippen molar-refractivity contribution in [2.24, 2.45) is 5.92 Å². The van der Waals surface area contributed by atoms with Crippen molar-refractivity contribution in [3.8, 4) is 0 Å². The minimum Gasteiger partial charge on any atom is -0.299 e. The minimum absolute atomic E-state index is 0.647. The number of rotatable bonds is 5. The van der Waals surface area contributed by atoms with Crippen LogP contribution in [-0.4, -0.2) is 24.5 Å². The van der Waals surface area contributed by atoms with Crippen molar-refractivity contribution in [2.75, 3.05) is 13.6 Å². The quantitative estimate of drug-likeness (QED) is 0.633. The maximum Gasteiger partial charge on any atom is 0.0342 e. The fraction of sp³-hybridized carbons (Fsp3) is 0.765. The maximum absolute atomic E-state index is 2.54. The van der Waals surface area contributed by atoms with E-state index in [0.717, 1.165) is 6.42 Å². The Balaban J connectivity index is 2.92. The largest absolute Gasteiger partial charge is 0.299 e. The third-order valence-corrected chi connectivity index (χ3v) is 4.25. The molecule has 0 aromatic carbocycles. The fourth-order valence-electron chi connectivity index (χ4n) is 2.58. The van der Waals surface area contributed by atoms with Gasteiger partial charge in [0.1, 0.15) is 0 Å². The molecule has 0 aromatic heterocycles. The Morgan fingerprint density at radius 2 is 2.06 bits per heavy atom. The number of nitrogens with zero attached hydrogens (tertiary/aromatic N) is 1. The smallest absolute Gasteiger partial charge is 0.0342 e. The van der Waals surface area contributed by atoms with Crippen molar-refractivity contribution < 1.29 is 0 Å². The van der Waals surface area contributed by atoms with Crippen LogP contribution in [0.25, 0.3) is 0 Å². The first kappa shape index (κ1) is 15.5. The summed E-state index contributed by atoms with van der Waals surface area (Å²) >= 11 is 0. The van der Waals surface area contributed by atoms with E-state index in [1.165, 1.54) is 37.8 Å². The van der Waals surface area contributed by atoms with Gasteiger partial charge >= 0.3 is 0 Å². The number of likely N-dealkylation sites (N-methyl/N-ethyl adjacent to an activating group) is 1. The van der Waals surface area contributed by atoms with Crippen LogP contribution in [0.4, 0.5) is 0 Å². The number of piperidine rings is 1. The maximum atomic E-state index is 2.54. The van der Waals surface area contributed by atoms with Crippen molar-refractivity contribution in [3.63, 3.8) is 0 Å². The summed E-state index contributed by atoms with van der Waals surface area (Å²) in [6, 6.07) is 0.647. The van der Waals surface area contributed by atoms with Crippen molar-refractivity contribution in [2.45, 2.75) is 65.8 Å². The van der Waals surface area contributed by atoms with Gasteiger partial charge in [-0.1, -0.05) is 51.3 Å². The lowest BCUT2D eigenvalue weighted by molar-refractivity contribution is 0.214. The van der Waals surface area contributed by atoms with Crippen molar-refractivity contribution in [1.29, 1.82) is 0 Å². The molecule has 1 saturated heterocycles. The number of hydrogen-bond donors (Lipinski definition) is 0. The molecule has 1 rings (SSSR count). The summed E-state index contributed by atoms with van der Waals surface area (Å²) in [4.78, 5) is 2.54. The third kappa shape index (κ3) is 4.61. The Kier molecular flexibility index (Phi) is 6.70. The van der Waals surface area contributed by atoms with Gasteiger partial charge in [0.15, 0.2) is 0 Å². The van der Waals surface area contributed by atoms with Gasteiger partial charge in [0.2, 0.25) is 0 Å². The molecule has 1 heteroatoms. The van der Waals surface area contributed by atoms with Crippen molar-refractivity contribution in [1.82, 2.24) is 4.90 Å². The molecule has 0 spiro atoms. The molecule has 0 radical (unpaired) electrons. The van der Waals surface area contributed by atoms with Gasteiger partial charge in [-0.05, 0) is 51.3 Å². The second-order valence-electron chi connectivity index (χ2n) is 5.89. The first-order valence-corrected chi connectivity index (χ1v) is 7.67. The molecule has 1 heterocycles. The predicted molar refractivity (Wildman–Crippen MR) is 81.9 cm³/mol. The van der Waals surface area contributed by atoms with Crippen LogP contribution in [0.5, 0.6) is 0 Å². The second kappa shape index (κ2) is 7.78. The third-order valence-electron chi connectivity index (χ3n) is 4.25. The molecule has 0 saturated carbocycles. The zero-order valence-electron chi connectivity index (χ0n) is 13.0. The Hall–Kier alpha value is -0.560. The molecule has 2 atom stereocenters. The standard InChI is InChI=1S/C17H31N/c1-6-14(3)12-16(13-15(4)7-2)17-10-8-9-11-18(17)5/h12-14,17H,6-11H2,1-5H3/b15-13-,16-12+. The van der Waals surface area contributed by atoms with E-state index in [1.807, 2.05) is 0 Å². The van der Waals surface area contributed by atoms with Crippen LogP contribution < -0.4 is 0 Å². The molecule has 0 aromatic rings. The monoisotopic (exact) mass is 249 g/mol. The van der Waals surface area contributed by atoms with Gasteiger partial charge in [-0.25, -0.2) is 0 Å². The van der Waals surface area contributed by atoms with Crippen LogP contribution >= 0.6 is 0 Å². The summed E-state index contributed by atoms with van der Waals surface area (Å²) in [6.07, 6.45) is 11.4. The minimum atomic E-state index is 0.647. The Bertz CT molecular complexity index is 301. The normalized spacial score (nSPS) is 25.3. The molecule has 2 unspecified atom stereocenters. The Morgan fingerprint density at radius 3 is 2.61 bits per heavy atom. The van der Waals surface area contributed by atoms with Crippen LogP contribution in [0.1, 0.15) is 59.8 Å². The SMILES string of the molecule is CC/C(C)=C\C(=C/C(C)CC)C1CCCCN1C. The summed E-state index contributed by atoms with van der Waals surface area (Å²) in [5.74, 6) is 0.691.